The number of thiazole rings is 1. The van der Waals surface area contributed by atoms with Crippen molar-refractivity contribution in [2.75, 3.05) is 6.61 Å². The number of hydrogen-bond donors (Lipinski definition) is 0. The minimum absolute atomic E-state index is 0.511. The van der Waals surface area contributed by atoms with Crippen molar-refractivity contribution in [1.82, 2.24) is 4.98 Å². The SMILES string of the molecule is CCON=C(Cc1cncs1)c1ccc(Cl)cc1Cl. The molecule has 0 aliphatic carbocycles. The summed E-state index contributed by atoms with van der Waals surface area (Å²) in [5.74, 6) is 0. The second-order valence-corrected chi connectivity index (χ2v) is 5.54. The Hall–Kier alpha value is -1.10. The highest BCUT2D eigenvalue weighted by Gasteiger charge is 2.12. The maximum Gasteiger partial charge on any atom is 0.114 e. The lowest BCUT2D eigenvalue weighted by atomic mass is 10.1. The van der Waals surface area contributed by atoms with Crippen molar-refractivity contribution >= 4 is 40.3 Å². The Bertz CT molecular complexity index is 570. The van der Waals surface area contributed by atoms with Gasteiger partial charge in [-0.1, -0.05) is 34.4 Å². The Balaban J connectivity index is 2.31. The van der Waals surface area contributed by atoms with E-state index in [2.05, 4.69) is 10.1 Å². The van der Waals surface area contributed by atoms with Gasteiger partial charge in [0, 0.05) is 28.1 Å². The van der Waals surface area contributed by atoms with Gasteiger partial charge < -0.3 is 4.84 Å². The van der Waals surface area contributed by atoms with Crippen LogP contribution in [0.5, 0.6) is 0 Å². The van der Waals surface area contributed by atoms with Gasteiger partial charge in [-0.25, -0.2) is 0 Å². The lowest BCUT2D eigenvalue weighted by Gasteiger charge is -2.07. The largest absolute Gasteiger partial charge is 0.396 e. The first-order valence-corrected chi connectivity index (χ1v) is 7.36. The zero-order valence-electron chi connectivity index (χ0n) is 10.3. The van der Waals surface area contributed by atoms with Crippen LogP contribution in [0.4, 0.5) is 0 Å². The van der Waals surface area contributed by atoms with Crippen LogP contribution < -0.4 is 0 Å². The van der Waals surface area contributed by atoms with E-state index in [-0.39, 0.29) is 0 Å². The Morgan fingerprint density at radius 3 is 2.89 bits per heavy atom. The highest BCUT2D eigenvalue weighted by Crippen LogP contribution is 2.23. The van der Waals surface area contributed by atoms with Gasteiger partial charge in [-0.05, 0) is 19.1 Å². The smallest absolute Gasteiger partial charge is 0.114 e. The molecule has 0 radical (unpaired) electrons. The van der Waals surface area contributed by atoms with Gasteiger partial charge in [0.15, 0.2) is 0 Å². The van der Waals surface area contributed by atoms with Crippen molar-refractivity contribution in [3.8, 4) is 0 Å². The molecule has 0 aliphatic heterocycles. The van der Waals surface area contributed by atoms with Crippen LogP contribution in [-0.4, -0.2) is 17.3 Å². The van der Waals surface area contributed by atoms with Crippen molar-refractivity contribution in [3.05, 3.63) is 50.4 Å². The average Bonchev–Trinajstić information content (AvgIpc) is 2.88. The van der Waals surface area contributed by atoms with Crippen LogP contribution in [0, 0.1) is 0 Å². The standard InChI is InChI=1S/C13H12Cl2N2OS/c1-2-18-17-13(6-10-7-16-8-19-10)11-4-3-9(14)5-12(11)15/h3-5,7-8H,2,6H2,1H3. The first kappa shape index (κ1) is 14.3. The number of rotatable bonds is 5. The van der Waals surface area contributed by atoms with Crippen molar-refractivity contribution in [1.29, 1.82) is 0 Å². The summed E-state index contributed by atoms with van der Waals surface area (Å²) in [5, 5.41) is 5.31. The van der Waals surface area contributed by atoms with E-state index >= 15 is 0 Å². The van der Waals surface area contributed by atoms with Gasteiger partial charge in [0.1, 0.15) is 6.61 Å². The summed E-state index contributed by atoms with van der Waals surface area (Å²) >= 11 is 13.7. The molecule has 0 saturated heterocycles. The first-order valence-electron chi connectivity index (χ1n) is 5.72. The highest BCUT2D eigenvalue weighted by molar-refractivity contribution is 7.09. The molecule has 1 heterocycles. The Morgan fingerprint density at radius 2 is 2.26 bits per heavy atom. The molecule has 0 saturated carbocycles. The lowest BCUT2D eigenvalue weighted by molar-refractivity contribution is 0.158. The fourth-order valence-electron chi connectivity index (χ4n) is 1.54. The van der Waals surface area contributed by atoms with Crippen LogP contribution in [-0.2, 0) is 11.3 Å². The van der Waals surface area contributed by atoms with E-state index in [9.17, 15) is 0 Å². The molecule has 2 aromatic rings. The van der Waals surface area contributed by atoms with E-state index in [1.807, 2.05) is 19.2 Å². The molecule has 1 aromatic heterocycles. The molecule has 3 nitrogen and oxygen atoms in total. The molecule has 1 aromatic carbocycles. The van der Waals surface area contributed by atoms with Crippen LogP contribution in [0.15, 0.2) is 35.1 Å². The van der Waals surface area contributed by atoms with Crippen LogP contribution in [0.2, 0.25) is 10.0 Å². The monoisotopic (exact) mass is 314 g/mol. The molecule has 0 amide bonds. The van der Waals surface area contributed by atoms with Gasteiger partial charge in [-0.15, -0.1) is 11.3 Å². The Morgan fingerprint density at radius 1 is 1.42 bits per heavy atom. The molecule has 6 heteroatoms. The molecular weight excluding hydrogens is 303 g/mol. The summed E-state index contributed by atoms with van der Waals surface area (Å²) < 4.78 is 0. The zero-order valence-corrected chi connectivity index (χ0v) is 12.6. The van der Waals surface area contributed by atoms with E-state index in [4.69, 9.17) is 28.0 Å². The maximum atomic E-state index is 6.21. The van der Waals surface area contributed by atoms with Crippen molar-refractivity contribution in [3.63, 3.8) is 0 Å². The third kappa shape index (κ3) is 3.93. The van der Waals surface area contributed by atoms with E-state index in [0.717, 1.165) is 16.2 Å². The van der Waals surface area contributed by atoms with E-state index in [1.165, 1.54) is 0 Å². The summed E-state index contributed by atoms with van der Waals surface area (Å²) in [5.41, 5.74) is 3.39. The number of hydrogen-bond acceptors (Lipinski definition) is 4. The predicted octanol–water partition coefficient (Wildman–Crippen LogP) is 4.43. The minimum atomic E-state index is 0.511. The first-order chi connectivity index (χ1) is 9.20. The van der Waals surface area contributed by atoms with Gasteiger partial charge >= 0.3 is 0 Å². The molecule has 19 heavy (non-hydrogen) atoms. The normalized spacial score (nSPS) is 11.6. The van der Waals surface area contributed by atoms with Crippen LogP contribution in [0.1, 0.15) is 17.4 Å². The molecule has 100 valence electrons. The summed E-state index contributed by atoms with van der Waals surface area (Å²) in [6.07, 6.45) is 2.45. The van der Waals surface area contributed by atoms with Gasteiger partial charge in [-0.3, -0.25) is 4.98 Å². The Labute approximate surface area is 125 Å². The summed E-state index contributed by atoms with van der Waals surface area (Å²) in [6, 6.07) is 5.34. The molecule has 0 aliphatic rings. The highest BCUT2D eigenvalue weighted by atomic mass is 35.5. The number of oxime groups is 1. The Kier molecular flexibility index (Phi) is 5.19. The number of halogens is 2. The minimum Gasteiger partial charge on any atom is -0.396 e. The van der Waals surface area contributed by atoms with E-state index < -0.39 is 0 Å². The average molecular weight is 315 g/mol. The van der Waals surface area contributed by atoms with Crippen molar-refractivity contribution in [2.24, 2.45) is 5.16 Å². The van der Waals surface area contributed by atoms with E-state index in [0.29, 0.717) is 23.1 Å². The zero-order chi connectivity index (χ0) is 13.7. The predicted molar refractivity (Wildman–Crippen MR) is 80.4 cm³/mol. The van der Waals surface area contributed by atoms with Gasteiger partial charge in [0.05, 0.1) is 16.2 Å². The lowest BCUT2D eigenvalue weighted by Crippen LogP contribution is -2.06. The quantitative estimate of drug-likeness (QED) is 0.604. The molecule has 2 rings (SSSR count). The molecule has 0 atom stereocenters. The molecule has 0 bridgehead atoms. The summed E-state index contributed by atoms with van der Waals surface area (Å²) in [6.45, 7) is 2.40. The second kappa shape index (κ2) is 6.89. The van der Waals surface area contributed by atoms with Gasteiger partial charge in [0.25, 0.3) is 0 Å². The van der Waals surface area contributed by atoms with Crippen LogP contribution in [0.25, 0.3) is 0 Å². The second-order valence-electron chi connectivity index (χ2n) is 3.72. The summed E-state index contributed by atoms with van der Waals surface area (Å²) in [4.78, 5) is 10.3. The number of nitrogens with zero attached hydrogens (tertiary/aromatic N) is 2. The number of benzene rings is 1. The van der Waals surface area contributed by atoms with Crippen molar-refractivity contribution in [2.45, 2.75) is 13.3 Å². The van der Waals surface area contributed by atoms with Crippen LogP contribution in [0.3, 0.4) is 0 Å². The van der Waals surface area contributed by atoms with Gasteiger partial charge in [-0.2, -0.15) is 0 Å². The van der Waals surface area contributed by atoms with E-state index in [1.54, 1.807) is 29.0 Å². The molecule has 0 unspecified atom stereocenters. The number of aromatic nitrogens is 1. The third-order valence-corrected chi connectivity index (χ3v) is 3.70. The fourth-order valence-corrected chi connectivity index (χ4v) is 2.65. The molecule has 0 fully saturated rings. The molecule has 0 spiro atoms. The molecular formula is C13H12Cl2N2OS. The maximum absolute atomic E-state index is 6.21. The topological polar surface area (TPSA) is 34.5 Å². The molecule has 0 N–H and O–H groups in total. The third-order valence-electron chi connectivity index (χ3n) is 2.37. The van der Waals surface area contributed by atoms with Crippen LogP contribution >= 0.6 is 34.5 Å². The van der Waals surface area contributed by atoms with Gasteiger partial charge in [0.2, 0.25) is 0 Å². The summed E-state index contributed by atoms with van der Waals surface area (Å²) in [7, 11) is 0. The van der Waals surface area contributed by atoms with Crippen molar-refractivity contribution < 1.29 is 4.84 Å². The fraction of sp³-hybridized carbons (Fsp3) is 0.231.